The van der Waals surface area contributed by atoms with Crippen LogP contribution in [0, 0.1) is 11.3 Å². The molecule has 0 saturated carbocycles. The molecule has 0 heterocycles. The van der Waals surface area contributed by atoms with E-state index in [-0.39, 0.29) is 12.5 Å². The predicted octanol–water partition coefficient (Wildman–Crippen LogP) is 1.86. The average Bonchev–Trinajstić information content (AvgIpc) is 2.12. The second kappa shape index (κ2) is 5.22. The average molecular weight is 187 g/mol. The van der Waals surface area contributed by atoms with Gasteiger partial charge in [0.15, 0.2) is 0 Å². The van der Waals surface area contributed by atoms with Crippen molar-refractivity contribution in [2.45, 2.75) is 40.0 Å². The molecular formula is C10H21NO2. The molecule has 0 radical (unpaired) electrons. The maximum Gasteiger partial charge on any atom is 0.311 e. The molecule has 78 valence electrons. The molecule has 0 amide bonds. The van der Waals surface area contributed by atoms with E-state index < -0.39 is 11.4 Å². The lowest BCUT2D eigenvalue weighted by Gasteiger charge is -2.33. The summed E-state index contributed by atoms with van der Waals surface area (Å²) in [6.45, 7) is 6.21. The highest BCUT2D eigenvalue weighted by molar-refractivity contribution is 5.75. The van der Waals surface area contributed by atoms with Crippen molar-refractivity contribution in [3.8, 4) is 0 Å². The van der Waals surface area contributed by atoms with E-state index in [0.29, 0.717) is 6.42 Å². The Morgan fingerprint density at radius 1 is 1.54 bits per heavy atom. The molecule has 0 aliphatic carbocycles. The Hall–Kier alpha value is -0.570. The van der Waals surface area contributed by atoms with Gasteiger partial charge in [0.05, 0.1) is 5.41 Å². The lowest BCUT2D eigenvalue weighted by atomic mass is 9.72. The van der Waals surface area contributed by atoms with Gasteiger partial charge in [-0.15, -0.1) is 0 Å². The van der Waals surface area contributed by atoms with Crippen LogP contribution < -0.4 is 5.73 Å². The smallest absolute Gasteiger partial charge is 0.311 e. The summed E-state index contributed by atoms with van der Waals surface area (Å²) in [6, 6.07) is 0. The Balaban J connectivity index is 4.74. The summed E-state index contributed by atoms with van der Waals surface area (Å²) < 4.78 is 0. The first kappa shape index (κ1) is 12.4. The SMILES string of the molecule is CCCC(CN)(C(=O)O)C(C)CC. The van der Waals surface area contributed by atoms with Crippen molar-refractivity contribution in [1.82, 2.24) is 0 Å². The molecule has 0 saturated heterocycles. The van der Waals surface area contributed by atoms with Crippen molar-refractivity contribution in [3.05, 3.63) is 0 Å². The van der Waals surface area contributed by atoms with Gasteiger partial charge < -0.3 is 10.8 Å². The van der Waals surface area contributed by atoms with Crippen molar-refractivity contribution in [2.24, 2.45) is 17.1 Å². The van der Waals surface area contributed by atoms with Crippen LogP contribution in [0.3, 0.4) is 0 Å². The summed E-state index contributed by atoms with van der Waals surface area (Å²) in [4.78, 5) is 11.2. The molecule has 0 rings (SSSR count). The second-order valence-electron chi connectivity index (χ2n) is 3.72. The van der Waals surface area contributed by atoms with Crippen molar-refractivity contribution in [2.75, 3.05) is 6.54 Å². The maximum absolute atomic E-state index is 11.2. The van der Waals surface area contributed by atoms with E-state index in [4.69, 9.17) is 5.73 Å². The third kappa shape index (κ3) is 2.44. The fourth-order valence-electron chi connectivity index (χ4n) is 1.79. The lowest BCUT2D eigenvalue weighted by Crippen LogP contribution is -2.43. The van der Waals surface area contributed by atoms with Crippen LogP contribution in [0.15, 0.2) is 0 Å². The van der Waals surface area contributed by atoms with Crippen LogP contribution in [-0.2, 0) is 4.79 Å². The molecule has 0 aromatic rings. The minimum atomic E-state index is -0.744. The van der Waals surface area contributed by atoms with E-state index in [1.165, 1.54) is 0 Å². The quantitative estimate of drug-likeness (QED) is 0.667. The summed E-state index contributed by atoms with van der Waals surface area (Å²) >= 11 is 0. The topological polar surface area (TPSA) is 63.3 Å². The van der Waals surface area contributed by atoms with E-state index in [2.05, 4.69) is 0 Å². The van der Waals surface area contributed by atoms with E-state index >= 15 is 0 Å². The number of hydrogen-bond acceptors (Lipinski definition) is 2. The van der Waals surface area contributed by atoms with Gasteiger partial charge in [-0.2, -0.15) is 0 Å². The number of aliphatic carboxylic acids is 1. The lowest BCUT2D eigenvalue weighted by molar-refractivity contribution is -0.152. The molecule has 13 heavy (non-hydrogen) atoms. The molecule has 0 aromatic heterocycles. The molecule has 2 unspecified atom stereocenters. The Labute approximate surface area is 80.3 Å². The van der Waals surface area contributed by atoms with Crippen molar-refractivity contribution in [3.63, 3.8) is 0 Å². The molecular weight excluding hydrogens is 166 g/mol. The Bertz CT molecular complexity index is 170. The van der Waals surface area contributed by atoms with E-state index in [1.807, 2.05) is 20.8 Å². The number of carboxylic acids is 1. The first-order valence-corrected chi connectivity index (χ1v) is 4.98. The van der Waals surface area contributed by atoms with E-state index in [1.54, 1.807) is 0 Å². The number of rotatable bonds is 6. The van der Waals surface area contributed by atoms with Gasteiger partial charge in [0.2, 0.25) is 0 Å². The summed E-state index contributed by atoms with van der Waals surface area (Å²) in [5.41, 5.74) is 4.89. The van der Waals surface area contributed by atoms with Crippen LogP contribution in [0.4, 0.5) is 0 Å². The first-order chi connectivity index (χ1) is 6.05. The zero-order valence-electron chi connectivity index (χ0n) is 8.84. The van der Waals surface area contributed by atoms with Gasteiger partial charge in [0.25, 0.3) is 0 Å². The van der Waals surface area contributed by atoms with Crippen LogP contribution in [0.2, 0.25) is 0 Å². The highest BCUT2D eigenvalue weighted by Gasteiger charge is 2.40. The number of nitrogens with two attached hydrogens (primary N) is 1. The van der Waals surface area contributed by atoms with Crippen LogP contribution in [0.25, 0.3) is 0 Å². The largest absolute Gasteiger partial charge is 0.481 e. The van der Waals surface area contributed by atoms with Gasteiger partial charge in [0, 0.05) is 6.54 Å². The fraction of sp³-hybridized carbons (Fsp3) is 0.900. The standard InChI is InChI=1S/C10H21NO2/c1-4-6-10(7-11,9(12)13)8(3)5-2/h8H,4-7,11H2,1-3H3,(H,12,13). The molecule has 0 aromatic carbocycles. The van der Waals surface area contributed by atoms with Gasteiger partial charge in [-0.1, -0.05) is 33.6 Å². The Morgan fingerprint density at radius 2 is 2.08 bits per heavy atom. The summed E-state index contributed by atoms with van der Waals surface area (Å²) in [7, 11) is 0. The van der Waals surface area contributed by atoms with Crippen LogP contribution in [0.1, 0.15) is 40.0 Å². The number of hydrogen-bond donors (Lipinski definition) is 2. The third-order valence-electron chi connectivity index (χ3n) is 3.04. The van der Waals surface area contributed by atoms with Crippen molar-refractivity contribution >= 4 is 5.97 Å². The molecule has 3 N–H and O–H groups in total. The van der Waals surface area contributed by atoms with Gasteiger partial charge in [-0.25, -0.2) is 0 Å². The predicted molar refractivity (Wildman–Crippen MR) is 53.5 cm³/mol. The Kier molecular flexibility index (Phi) is 4.99. The maximum atomic E-state index is 11.2. The van der Waals surface area contributed by atoms with E-state index in [0.717, 1.165) is 12.8 Å². The zero-order valence-corrected chi connectivity index (χ0v) is 8.84. The van der Waals surface area contributed by atoms with Crippen LogP contribution in [0.5, 0.6) is 0 Å². The third-order valence-corrected chi connectivity index (χ3v) is 3.04. The fourth-order valence-corrected chi connectivity index (χ4v) is 1.79. The van der Waals surface area contributed by atoms with Crippen LogP contribution in [-0.4, -0.2) is 17.6 Å². The minimum absolute atomic E-state index is 0.148. The molecule has 3 heteroatoms. The molecule has 0 spiro atoms. The summed E-state index contributed by atoms with van der Waals surface area (Å²) in [5.74, 6) is -0.596. The minimum Gasteiger partial charge on any atom is -0.481 e. The highest BCUT2D eigenvalue weighted by atomic mass is 16.4. The van der Waals surface area contributed by atoms with Gasteiger partial charge >= 0.3 is 5.97 Å². The normalized spacial score (nSPS) is 17.8. The van der Waals surface area contributed by atoms with Crippen molar-refractivity contribution < 1.29 is 9.90 Å². The molecule has 0 aliphatic heterocycles. The second-order valence-corrected chi connectivity index (χ2v) is 3.72. The van der Waals surface area contributed by atoms with Gasteiger partial charge in [-0.3, -0.25) is 4.79 Å². The van der Waals surface area contributed by atoms with Crippen LogP contribution >= 0.6 is 0 Å². The molecule has 3 nitrogen and oxygen atoms in total. The first-order valence-electron chi connectivity index (χ1n) is 4.98. The van der Waals surface area contributed by atoms with E-state index in [9.17, 15) is 9.90 Å². The highest BCUT2D eigenvalue weighted by Crippen LogP contribution is 2.34. The zero-order chi connectivity index (χ0) is 10.5. The van der Waals surface area contributed by atoms with Crippen molar-refractivity contribution in [1.29, 1.82) is 0 Å². The molecule has 2 atom stereocenters. The Morgan fingerprint density at radius 3 is 2.31 bits per heavy atom. The molecule has 0 fully saturated rings. The number of carbonyl (C=O) groups is 1. The van der Waals surface area contributed by atoms with Gasteiger partial charge in [0.1, 0.15) is 0 Å². The number of carboxylic acid groups (broad SMARTS) is 1. The monoisotopic (exact) mass is 187 g/mol. The molecule has 0 bridgehead atoms. The summed E-state index contributed by atoms with van der Waals surface area (Å²) in [5, 5.41) is 9.18. The summed E-state index contributed by atoms with van der Waals surface area (Å²) in [6.07, 6.45) is 2.41. The van der Waals surface area contributed by atoms with Gasteiger partial charge in [-0.05, 0) is 12.3 Å². The molecule has 0 aliphatic rings.